The van der Waals surface area contributed by atoms with E-state index in [4.69, 9.17) is 4.74 Å². The van der Waals surface area contributed by atoms with Gasteiger partial charge in [0, 0.05) is 11.1 Å². The maximum atomic E-state index is 12.3. The number of aromatic nitrogens is 1. The number of benzene rings is 2. The Bertz CT molecular complexity index is 884. The number of rotatable bonds is 2. The van der Waals surface area contributed by atoms with Crippen LogP contribution >= 0.6 is 11.3 Å². The number of anilines is 1. The van der Waals surface area contributed by atoms with Crippen molar-refractivity contribution in [2.24, 2.45) is 0 Å². The predicted octanol–water partition coefficient (Wildman–Crippen LogP) is 4.26. The monoisotopic (exact) mass is 322 g/mol. The summed E-state index contributed by atoms with van der Waals surface area (Å²) in [6.07, 6.45) is 0. The summed E-state index contributed by atoms with van der Waals surface area (Å²) in [5, 5.41) is 3.48. The van der Waals surface area contributed by atoms with E-state index in [1.54, 1.807) is 0 Å². The Morgan fingerprint density at radius 1 is 1.17 bits per heavy atom. The molecule has 1 aliphatic rings. The van der Waals surface area contributed by atoms with Crippen molar-refractivity contribution in [3.05, 3.63) is 64.5 Å². The number of hydrogen-bond donors (Lipinski definition) is 1. The molecule has 2 heterocycles. The first-order chi connectivity index (χ1) is 11.2. The van der Waals surface area contributed by atoms with Crippen LogP contribution in [0.15, 0.2) is 48.5 Å². The van der Waals surface area contributed by atoms with Crippen molar-refractivity contribution < 1.29 is 9.53 Å². The van der Waals surface area contributed by atoms with Gasteiger partial charge >= 0.3 is 0 Å². The number of amides is 1. The lowest BCUT2D eigenvalue weighted by Crippen LogP contribution is -2.11. The first kappa shape index (κ1) is 14.0. The highest BCUT2D eigenvalue weighted by Gasteiger charge is 2.22. The van der Waals surface area contributed by atoms with Crippen molar-refractivity contribution in [2.75, 3.05) is 5.32 Å². The molecule has 1 aliphatic heterocycles. The molecule has 0 spiro atoms. The zero-order valence-electron chi connectivity index (χ0n) is 12.5. The number of carbonyl (C=O) groups is 1. The minimum absolute atomic E-state index is 0.148. The molecule has 0 saturated heterocycles. The molecule has 4 rings (SSSR count). The van der Waals surface area contributed by atoms with Gasteiger partial charge in [-0.1, -0.05) is 41.2 Å². The molecule has 3 aromatic rings. The lowest BCUT2D eigenvalue weighted by Gasteiger charge is -2.15. The fourth-order valence-corrected chi connectivity index (χ4v) is 3.40. The summed E-state index contributed by atoms with van der Waals surface area (Å²) in [6, 6.07) is 15.3. The van der Waals surface area contributed by atoms with Crippen molar-refractivity contribution >= 4 is 22.4 Å². The summed E-state index contributed by atoms with van der Waals surface area (Å²) >= 11 is 1.46. The highest BCUT2D eigenvalue weighted by Crippen LogP contribution is 2.40. The SMILES string of the molecule is Cc1ccc(C(=O)Nc2nc3c(s2)COc2ccccc2-3)cc1. The van der Waals surface area contributed by atoms with Gasteiger partial charge < -0.3 is 4.74 Å². The van der Waals surface area contributed by atoms with Crippen LogP contribution in [0.4, 0.5) is 5.13 Å². The van der Waals surface area contributed by atoms with E-state index in [9.17, 15) is 4.79 Å². The van der Waals surface area contributed by atoms with Gasteiger partial charge in [-0.15, -0.1) is 0 Å². The maximum Gasteiger partial charge on any atom is 0.257 e. The molecule has 0 aliphatic carbocycles. The number of fused-ring (bicyclic) bond motifs is 3. The largest absolute Gasteiger partial charge is 0.487 e. The molecule has 114 valence electrons. The van der Waals surface area contributed by atoms with Gasteiger partial charge in [-0.25, -0.2) is 4.98 Å². The van der Waals surface area contributed by atoms with Crippen LogP contribution in [0.3, 0.4) is 0 Å². The van der Waals surface area contributed by atoms with Gasteiger partial charge in [0.2, 0.25) is 0 Å². The molecular formula is C18H14N2O2S. The minimum atomic E-state index is -0.148. The average molecular weight is 322 g/mol. The number of carbonyl (C=O) groups excluding carboxylic acids is 1. The molecule has 23 heavy (non-hydrogen) atoms. The number of nitrogens with zero attached hydrogens (tertiary/aromatic N) is 1. The summed E-state index contributed by atoms with van der Waals surface area (Å²) in [5.41, 5.74) is 3.62. The quantitative estimate of drug-likeness (QED) is 0.767. The molecule has 0 radical (unpaired) electrons. The van der Waals surface area contributed by atoms with E-state index in [1.807, 2.05) is 55.5 Å². The van der Waals surface area contributed by atoms with Crippen LogP contribution in [-0.4, -0.2) is 10.9 Å². The first-order valence-electron chi connectivity index (χ1n) is 7.30. The maximum absolute atomic E-state index is 12.3. The van der Waals surface area contributed by atoms with Crippen LogP contribution in [0.1, 0.15) is 20.8 Å². The molecule has 1 aromatic heterocycles. The third kappa shape index (κ3) is 2.59. The lowest BCUT2D eigenvalue weighted by molar-refractivity contribution is 0.102. The van der Waals surface area contributed by atoms with Crippen molar-refractivity contribution in [3.8, 4) is 17.0 Å². The Hall–Kier alpha value is -2.66. The van der Waals surface area contributed by atoms with Crippen LogP contribution in [0, 0.1) is 6.92 Å². The van der Waals surface area contributed by atoms with E-state index in [0.717, 1.165) is 27.4 Å². The van der Waals surface area contributed by atoms with Crippen LogP contribution < -0.4 is 10.1 Å². The third-order valence-corrected chi connectivity index (χ3v) is 4.68. The van der Waals surface area contributed by atoms with E-state index in [1.165, 1.54) is 11.3 Å². The Kier molecular flexibility index (Phi) is 3.35. The zero-order chi connectivity index (χ0) is 15.8. The van der Waals surface area contributed by atoms with Gasteiger partial charge in [-0.05, 0) is 31.2 Å². The second-order valence-corrected chi connectivity index (χ2v) is 6.48. The van der Waals surface area contributed by atoms with Gasteiger partial charge in [-0.3, -0.25) is 10.1 Å². The molecule has 0 atom stereocenters. The molecular weight excluding hydrogens is 308 g/mol. The summed E-state index contributed by atoms with van der Waals surface area (Å²) in [7, 11) is 0. The van der Waals surface area contributed by atoms with Crippen molar-refractivity contribution in [1.82, 2.24) is 4.98 Å². The number of ether oxygens (including phenoxy) is 1. The summed E-state index contributed by atoms with van der Waals surface area (Å²) in [6.45, 7) is 2.48. The number of para-hydroxylation sites is 1. The number of nitrogens with one attached hydrogen (secondary N) is 1. The molecule has 2 aromatic carbocycles. The molecule has 5 heteroatoms. The molecule has 0 unspecified atom stereocenters. The van der Waals surface area contributed by atoms with Crippen molar-refractivity contribution in [1.29, 1.82) is 0 Å². The van der Waals surface area contributed by atoms with E-state index in [2.05, 4.69) is 10.3 Å². The third-order valence-electron chi connectivity index (χ3n) is 3.73. The molecule has 0 bridgehead atoms. The fourth-order valence-electron chi connectivity index (χ4n) is 2.52. The normalized spacial score (nSPS) is 12.0. The van der Waals surface area contributed by atoms with Crippen LogP contribution in [0.5, 0.6) is 5.75 Å². The summed E-state index contributed by atoms with van der Waals surface area (Å²) in [4.78, 5) is 17.9. The Morgan fingerprint density at radius 2 is 1.96 bits per heavy atom. The van der Waals surface area contributed by atoms with Gasteiger partial charge in [-0.2, -0.15) is 0 Å². The second kappa shape index (κ2) is 5.52. The second-order valence-electron chi connectivity index (χ2n) is 5.40. The Labute approximate surface area is 137 Å². The highest BCUT2D eigenvalue weighted by molar-refractivity contribution is 7.16. The zero-order valence-corrected chi connectivity index (χ0v) is 13.3. The summed E-state index contributed by atoms with van der Waals surface area (Å²) < 4.78 is 5.72. The fraction of sp³-hybridized carbons (Fsp3) is 0.111. The number of hydrogen-bond acceptors (Lipinski definition) is 4. The van der Waals surface area contributed by atoms with E-state index in [0.29, 0.717) is 17.3 Å². The van der Waals surface area contributed by atoms with Crippen LogP contribution in [0.2, 0.25) is 0 Å². The van der Waals surface area contributed by atoms with Crippen LogP contribution in [0.25, 0.3) is 11.3 Å². The predicted molar refractivity (Wildman–Crippen MR) is 91.0 cm³/mol. The van der Waals surface area contributed by atoms with Crippen LogP contribution in [-0.2, 0) is 6.61 Å². The smallest absolute Gasteiger partial charge is 0.257 e. The lowest BCUT2D eigenvalue weighted by atomic mass is 10.1. The molecule has 1 N–H and O–H groups in total. The number of thiazole rings is 1. The highest BCUT2D eigenvalue weighted by atomic mass is 32.1. The standard InChI is InChI=1S/C18H14N2O2S/c1-11-6-8-12(9-7-11)17(21)20-18-19-16-13-4-2-3-5-14(13)22-10-15(16)23-18/h2-9H,10H2,1H3,(H,19,20,21). The van der Waals surface area contributed by atoms with Crippen molar-refractivity contribution in [3.63, 3.8) is 0 Å². The van der Waals surface area contributed by atoms with Gasteiger partial charge in [0.15, 0.2) is 5.13 Å². The Morgan fingerprint density at radius 3 is 2.78 bits per heavy atom. The van der Waals surface area contributed by atoms with Crippen molar-refractivity contribution in [2.45, 2.75) is 13.5 Å². The number of aryl methyl sites for hydroxylation is 1. The topological polar surface area (TPSA) is 51.2 Å². The first-order valence-corrected chi connectivity index (χ1v) is 8.12. The van der Waals surface area contributed by atoms with E-state index >= 15 is 0 Å². The molecule has 1 amide bonds. The van der Waals surface area contributed by atoms with E-state index in [-0.39, 0.29) is 5.91 Å². The Balaban J connectivity index is 1.62. The molecule has 0 fully saturated rings. The molecule has 4 nitrogen and oxygen atoms in total. The molecule has 0 saturated carbocycles. The van der Waals surface area contributed by atoms with Gasteiger partial charge in [0.25, 0.3) is 5.91 Å². The van der Waals surface area contributed by atoms with Gasteiger partial charge in [0.05, 0.1) is 10.6 Å². The van der Waals surface area contributed by atoms with Gasteiger partial charge in [0.1, 0.15) is 12.4 Å². The van der Waals surface area contributed by atoms with E-state index < -0.39 is 0 Å². The average Bonchev–Trinajstić information content (AvgIpc) is 2.98. The summed E-state index contributed by atoms with van der Waals surface area (Å²) in [5.74, 6) is 0.687. The minimum Gasteiger partial charge on any atom is -0.487 e.